The predicted octanol–water partition coefficient (Wildman–Crippen LogP) is 18.8. The fraction of sp³-hybridized carbons (Fsp3) is 0.721. The van der Waals surface area contributed by atoms with Crippen LogP contribution in [0.15, 0.2) is 85.1 Å². The van der Waals surface area contributed by atoms with E-state index in [0.717, 1.165) is 109 Å². The molecule has 0 radical (unpaired) electrons. The van der Waals surface area contributed by atoms with Crippen molar-refractivity contribution in [1.29, 1.82) is 0 Å². The Balaban J connectivity index is 4.36. The molecule has 6 heteroatoms. The Hall–Kier alpha value is -3.41. The Morgan fingerprint density at radius 2 is 0.597 bits per heavy atom. The minimum atomic E-state index is -0.787. The van der Waals surface area contributed by atoms with Gasteiger partial charge in [-0.2, -0.15) is 0 Å². The van der Waals surface area contributed by atoms with Gasteiger partial charge in [0, 0.05) is 19.3 Å². The topological polar surface area (TPSA) is 78.9 Å². The highest BCUT2D eigenvalue weighted by molar-refractivity contribution is 5.71. The summed E-state index contributed by atoms with van der Waals surface area (Å²) in [6.07, 6.45) is 71.4. The first-order valence-electron chi connectivity index (χ1n) is 28.1. The van der Waals surface area contributed by atoms with Gasteiger partial charge in [0.25, 0.3) is 0 Å². The molecule has 0 aromatic rings. The van der Waals surface area contributed by atoms with Crippen molar-refractivity contribution < 1.29 is 28.6 Å². The van der Waals surface area contributed by atoms with Crippen LogP contribution in [0.5, 0.6) is 0 Å². The van der Waals surface area contributed by atoms with Gasteiger partial charge < -0.3 is 14.2 Å². The van der Waals surface area contributed by atoms with E-state index >= 15 is 0 Å². The standard InChI is InChI=1S/C61H104O6/c1-4-7-10-13-16-19-22-24-26-28-29-30-31-33-34-36-39-42-45-48-51-54-60(63)66-57-58(56-65-59(62)53-50-47-44-41-38-21-18-15-12-9-6-3)67-61(64)55-52-49-46-43-40-37-35-32-27-25-23-20-17-14-11-8-5-2/h7,10,15-20,24-27,29-30,58H,4-6,8-9,11-14,21-23,28,31-57H2,1-3H3/b10-7-,18-15-,19-16-,20-17-,26-24-,27-25-,30-29-. The van der Waals surface area contributed by atoms with Gasteiger partial charge in [0.05, 0.1) is 0 Å². The van der Waals surface area contributed by atoms with Crippen LogP contribution in [0, 0.1) is 0 Å². The van der Waals surface area contributed by atoms with Gasteiger partial charge in [0.2, 0.25) is 0 Å². The van der Waals surface area contributed by atoms with Crippen molar-refractivity contribution >= 4 is 17.9 Å². The van der Waals surface area contributed by atoms with E-state index in [1.165, 1.54) is 116 Å². The van der Waals surface area contributed by atoms with Crippen molar-refractivity contribution in [1.82, 2.24) is 0 Å². The molecule has 67 heavy (non-hydrogen) atoms. The van der Waals surface area contributed by atoms with Gasteiger partial charge in [-0.25, -0.2) is 0 Å². The third-order valence-electron chi connectivity index (χ3n) is 11.9. The maximum atomic E-state index is 12.8. The highest BCUT2D eigenvalue weighted by atomic mass is 16.6. The summed E-state index contributed by atoms with van der Waals surface area (Å²) in [5, 5.41) is 0. The summed E-state index contributed by atoms with van der Waals surface area (Å²) in [7, 11) is 0. The second kappa shape index (κ2) is 55.2. The monoisotopic (exact) mass is 933 g/mol. The van der Waals surface area contributed by atoms with Crippen LogP contribution in [0.3, 0.4) is 0 Å². The number of hydrogen-bond acceptors (Lipinski definition) is 6. The highest BCUT2D eigenvalue weighted by Crippen LogP contribution is 2.15. The van der Waals surface area contributed by atoms with Crippen molar-refractivity contribution in [2.45, 2.75) is 271 Å². The van der Waals surface area contributed by atoms with E-state index in [4.69, 9.17) is 14.2 Å². The number of esters is 3. The molecule has 0 saturated heterocycles. The maximum absolute atomic E-state index is 12.8. The molecule has 0 aromatic heterocycles. The zero-order valence-electron chi connectivity index (χ0n) is 43.9. The van der Waals surface area contributed by atoms with Crippen molar-refractivity contribution in [2.24, 2.45) is 0 Å². The van der Waals surface area contributed by atoms with Crippen LogP contribution in [0.25, 0.3) is 0 Å². The average Bonchev–Trinajstić information content (AvgIpc) is 3.33. The predicted molar refractivity (Wildman–Crippen MR) is 288 cm³/mol. The number of unbranched alkanes of at least 4 members (excludes halogenated alkanes) is 25. The lowest BCUT2D eigenvalue weighted by Gasteiger charge is -2.18. The molecule has 0 amide bonds. The fourth-order valence-corrected chi connectivity index (χ4v) is 7.62. The third-order valence-corrected chi connectivity index (χ3v) is 11.9. The molecule has 0 spiro atoms. The van der Waals surface area contributed by atoms with Crippen LogP contribution in [0.1, 0.15) is 265 Å². The molecule has 0 aliphatic rings. The lowest BCUT2D eigenvalue weighted by Crippen LogP contribution is -2.30. The molecule has 0 aromatic carbocycles. The second-order valence-corrected chi connectivity index (χ2v) is 18.5. The summed E-state index contributed by atoms with van der Waals surface area (Å²) in [5.41, 5.74) is 0. The van der Waals surface area contributed by atoms with Gasteiger partial charge in [-0.1, -0.05) is 221 Å². The highest BCUT2D eigenvalue weighted by Gasteiger charge is 2.19. The lowest BCUT2D eigenvalue weighted by molar-refractivity contribution is -0.167. The zero-order chi connectivity index (χ0) is 48.6. The van der Waals surface area contributed by atoms with Crippen LogP contribution >= 0.6 is 0 Å². The van der Waals surface area contributed by atoms with Gasteiger partial charge in [0.15, 0.2) is 6.10 Å². The quantitative estimate of drug-likeness (QED) is 0.0262. The third kappa shape index (κ3) is 53.4. The van der Waals surface area contributed by atoms with E-state index in [1.807, 2.05) is 0 Å². The number of carbonyl (C=O) groups is 3. The molecule has 6 nitrogen and oxygen atoms in total. The van der Waals surface area contributed by atoms with Gasteiger partial charge in [-0.05, 0) is 109 Å². The molecule has 0 fully saturated rings. The zero-order valence-corrected chi connectivity index (χ0v) is 43.9. The number of allylic oxidation sites excluding steroid dienone is 14. The molecule has 0 aliphatic carbocycles. The summed E-state index contributed by atoms with van der Waals surface area (Å²) in [5.74, 6) is -0.908. The first-order valence-corrected chi connectivity index (χ1v) is 28.1. The number of hydrogen-bond donors (Lipinski definition) is 0. The molecule has 0 saturated carbocycles. The summed E-state index contributed by atoms with van der Waals surface area (Å²) >= 11 is 0. The summed E-state index contributed by atoms with van der Waals surface area (Å²) in [6, 6.07) is 0. The van der Waals surface area contributed by atoms with Crippen LogP contribution in [0.4, 0.5) is 0 Å². The lowest BCUT2D eigenvalue weighted by atomic mass is 10.1. The number of ether oxygens (including phenoxy) is 3. The van der Waals surface area contributed by atoms with Crippen LogP contribution < -0.4 is 0 Å². The molecular weight excluding hydrogens is 829 g/mol. The Labute approximate surface area is 414 Å². The van der Waals surface area contributed by atoms with Crippen molar-refractivity contribution in [3.05, 3.63) is 85.1 Å². The molecule has 1 unspecified atom stereocenters. The fourth-order valence-electron chi connectivity index (χ4n) is 7.62. The number of rotatable bonds is 50. The van der Waals surface area contributed by atoms with Gasteiger partial charge in [-0.3, -0.25) is 14.4 Å². The van der Waals surface area contributed by atoms with Gasteiger partial charge >= 0.3 is 17.9 Å². The largest absolute Gasteiger partial charge is 0.462 e. The molecule has 0 bridgehead atoms. The van der Waals surface area contributed by atoms with Crippen molar-refractivity contribution in [2.75, 3.05) is 13.2 Å². The Kier molecular flexibility index (Phi) is 52.4. The molecule has 0 rings (SSSR count). The van der Waals surface area contributed by atoms with E-state index in [-0.39, 0.29) is 31.1 Å². The van der Waals surface area contributed by atoms with Crippen LogP contribution in [0.2, 0.25) is 0 Å². The van der Waals surface area contributed by atoms with Crippen LogP contribution in [-0.4, -0.2) is 37.2 Å². The Morgan fingerprint density at radius 1 is 0.313 bits per heavy atom. The van der Waals surface area contributed by atoms with E-state index in [1.54, 1.807) is 0 Å². The van der Waals surface area contributed by atoms with E-state index in [9.17, 15) is 14.4 Å². The molecular formula is C61H104O6. The SMILES string of the molecule is CC/C=C\C/C=C\C/C=C\C/C=C\CCCCCCCCCCC(=O)OCC(COC(=O)CCCCCCC/C=C\CCCC)OC(=O)CCCCCCCCC/C=C\C/C=C\CCCCC. The smallest absolute Gasteiger partial charge is 0.306 e. The second-order valence-electron chi connectivity index (χ2n) is 18.5. The van der Waals surface area contributed by atoms with Crippen LogP contribution in [-0.2, 0) is 28.6 Å². The normalized spacial score (nSPS) is 12.7. The minimum absolute atomic E-state index is 0.0867. The molecule has 384 valence electrons. The minimum Gasteiger partial charge on any atom is -0.462 e. The van der Waals surface area contributed by atoms with Gasteiger partial charge in [-0.15, -0.1) is 0 Å². The first-order chi connectivity index (χ1) is 33.0. The number of carbonyl (C=O) groups excluding carboxylic acids is 3. The molecule has 0 aliphatic heterocycles. The Bertz CT molecular complexity index is 1300. The molecule has 1 atom stereocenters. The molecule has 0 N–H and O–H groups in total. The summed E-state index contributed by atoms with van der Waals surface area (Å²) < 4.78 is 16.8. The summed E-state index contributed by atoms with van der Waals surface area (Å²) in [4.78, 5) is 38.1. The van der Waals surface area contributed by atoms with E-state index < -0.39 is 6.10 Å². The van der Waals surface area contributed by atoms with E-state index in [2.05, 4.69) is 106 Å². The van der Waals surface area contributed by atoms with Crippen molar-refractivity contribution in [3.8, 4) is 0 Å². The molecule has 0 heterocycles. The summed E-state index contributed by atoms with van der Waals surface area (Å²) in [6.45, 7) is 6.45. The maximum Gasteiger partial charge on any atom is 0.306 e. The van der Waals surface area contributed by atoms with Crippen molar-refractivity contribution in [3.63, 3.8) is 0 Å². The van der Waals surface area contributed by atoms with E-state index in [0.29, 0.717) is 19.3 Å². The Morgan fingerprint density at radius 3 is 0.970 bits per heavy atom. The average molecular weight is 933 g/mol. The first kappa shape index (κ1) is 63.6. The van der Waals surface area contributed by atoms with Gasteiger partial charge in [0.1, 0.15) is 13.2 Å².